The monoisotopic (exact) mass is 400 g/mol. The molecule has 2 aromatic carbocycles. The van der Waals surface area contributed by atoms with E-state index in [1.807, 2.05) is 36.1 Å². The average Bonchev–Trinajstić information content (AvgIpc) is 3.25. The Bertz CT molecular complexity index is 1020. The molecule has 1 spiro atoms. The Labute approximate surface area is 165 Å². The minimum atomic E-state index is -3.62. The van der Waals surface area contributed by atoms with Crippen molar-refractivity contribution in [2.75, 3.05) is 31.6 Å². The number of sulfonamides is 1. The van der Waals surface area contributed by atoms with Gasteiger partial charge in [0.05, 0.1) is 12.0 Å². The van der Waals surface area contributed by atoms with Crippen LogP contribution in [0.4, 0.5) is 5.69 Å². The summed E-state index contributed by atoms with van der Waals surface area (Å²) in [6.45, 7) is 3.33. The molecule has 2 aromatic rings. The Morgan fingerprint density at radius 3 is 2.61 bits per heavy atom. The Kier molecular flexibility index (Phi) is 4.67. The smallest absolute Gasteiger partial charge is 0.243 e. The fourth-order valence-corrected chi connectivity index (χ4v) is 5.85. The van der Waals surface area contributed by atoms with Crippen LogP contribution in [0.3, 0.4) is 0 Å². The van der Waals surface area contributed by atoms with E-state index in [2.05, 4.69) is 0 Å². The number of carbonyl (C=O) groups excluding carboxylic acids is 1. The molecule has 2 saturated heterocycles. The second kappa shape index (κ2) is 6.90. The van der Waals surface area contributed by atoms with E-state index in [9.17, 15) is 13.2 Å². The van der Waals surface area contributed by atoms with Crippen molar-refractivity contribution in [3.05, 3.63) is 54.1 Å². The van der Waals surface area contributed by atoms with Crippen LogP contribution in [0.1, 0.15) is 18.4 Å². The van der Waals surface area contributed by atoms with Gasteiger partial charge in [-0.3, -0.25) is 4.79 Å². The highest BCUT2D eigenvalue weighted by molar-refractivity contribution is 7.89. The predicted octanol–water partition coefficient (Wildman–Crippen LogP) is 2.82. The lowest BCUT2D eigenvalue weighted by Crippen LogP contribution is -2.34. The minimum absolute atomic E-state index is 0.0647. The lowest BCUT2D eigenvalue weighted by Gasteiger charge is -2.25. The Morgan fingerprint density at radius 1 is 1.07 bits per heavy atom. The first-order chi connectivity index (χ1) is 13.3. The number of para-hydroxylation sites is 1. The number of amides is 1. The lowest BCUT2D eigenvalue weighted by atomic mass is 9.86. The number of carbonyl (C=O) groups is 1. The molecule has 1 atom stereocenters. The van der Waals surface area contributed by atoms with E-state index < -0.39 is 10.0 Å². The lowest BCUT2D eigenvalue weighted by molar-refractivity contribution is -0.117. The Balaban J connectivity index is 1.57. The summed E-state index contributed by atoms with van der Waals surface area (Å²) < 4.78 is 32.9. The zero-order valence-corrected chi connectivity index (χ0v) is 16.9. The van der Waals surface area contributed by atoms with E-state index >= 15 is 0 Å². The summed E-state index contributed by atoms with van der Waals surface area (Å²) >= 11 is 0. The van der Waals surface area contributed by atoms with Gasteiger partial charge >= 0.3 is 0 Å². The van der Waals surface area contributed by atoms with Crippen molar-refractivity contribution in [1.29, 1.82) is 0 Å². The minimum Gasteiger partial charge on any atom is -0.497 e. The number of hydrogen-bond donors (Lipinski definition) is 0. The summed E-state index contributed by atoms with van der Waals surface area (Å²) in [4.78, 5) is 14.8. The number of rotatable bonds is 4. The number of methoxy groups -OCH3 is 1. The van der Waals surface area contributed by atoms with Gasteiger partial charge < -0.3 is 9.64 Å². The van der Waals surface area contributed by atoms with Crippen molar-refractivity contribution in [1.82, 2.24) is 4.31 Å². The van der Waals surface area contributed by atoms with Gasteiger partial charge in [-0.1, -0.05) is 24.3 Å². The normalized spacial score (nSPS) is 22.9. The van der Waals surface area contributed by atoms with Gasteiger partial charge in [0.15, 0.2) is 0 Å². The van der Waals surface area contributed by atoms with E-state index in [1.165, 1.54) is 11.4 Å². The van der Waals surface area contributed by atoms with Gasteiger partial charge in [0.1, 0.15) is 5.75 Å². The first kappa shape index (κ1) is 19.0. The van der Waals surface area contributed by atoms with Gasteiger partial charge in [0.2, 0.25) is 15.9 Å². The van der Waals surface area contributed by atoms with Crippen LogP contribution in [0.5, 0.6) is 5.75 Å². The summed E-state index contributed by atoms with van der Waals surface area (Å²) in [5.41, 5.74) is 1.64. The van der Waals surface area contributed by atoms with Gasteiger partial charge in [-0.2, -0.15) is 4.31 Å². The first-order valence-electron chi connectivity index (χ1n) is 9.35. The summed E-state index contributed by atoms with van der Waals surface area (Å²) in [6.07, 6.45) is 1.07. The van der Waals surface area contributed by atoms with Crippen LogP contribution in [0, 0.1) is 12.3 Å². The van der Waals surface area contributed by atoms with Crippen molar-refractivity contribution in [3.63, 3.8) is 0 Å². The van der Waals surface area contributed by atoms with E-state index in [4.69, 9.17) is 4.74 Å². The second-order valence-electron chi connectivity index (χ2n) is 7.71. The Hall–Kier alpha value is -2.38. The van der Waals surface area contributed by atoms with Crippen LogP contribution in [0.15, 0.2) is 53.4 Å². The maximum Gasteiger partial charge on any atom is 0.243 e. The summed E-state index contributed by atoms with van der Waals surface area (Å²) in [5.74, 6) is 0.576. The number of hydrogen-bond acceptors (Lipinski definition) is 4. The number of ether oxygens (including phenoxy) is 1. The number of benzene rings is 2. The molecule has 2 aliphatic heterocycles. The van der Waals surface area contributed by atoms with Crippen molar-refractivity contribution in [3.8, 4) is 5.75 Å². The number of anilines is 1. The second-order valence-corrected chi connectivity index (χ2v) is 9.65. The van der Waals surface area contributed by atoms with Crippen LogP contribution < -0.4 is 9.64 Å². The molecule has 2 fully saturated rings. The standard InChI is InChI=1S/C21H24N2O4S/c1-16-6-3-4-9-19(16)23-15-21(13-20(23)24)10-11-22(14-21)28(25,26)18-8-5-7-17(12-18)27-2/h3-9,12H,10-11,13-15H2,1-2H3. The first-order valence-corrected chi connectivity index (χ1v) is 10.8. The van der Waals surface area contributed by atoms with Crippen molar-refractivity contribution >= 4 is 21.6 Å². The van der Waals surface area contributed by atoms with E-state index in [0.717, 1.165) is 11.3 Å². The molecule has 1 unspecified atom stereocenters. The summed E-state index contributed by atoms with van der Waals surface area (Å²) in [5, 5.41) is 0. The molecule has 6 nitrogen and oxygen atoms in total. The van der Waals surface area contributed by atoms with Crippen LogP contribution in [0.2, 0.25) is 0 Å². The third-order valence-electron chi connectivity index (χ3n) is 5.81. The zero-order chi connectivity index (χ0) is 19.9. The van der Waals surface area contributed by atoms with Crippen LogP contribution in [-0.2, 0) is 14.8 Å². The molecule has 0 bridgehead atoms. The fraction of sp³-hybridized carbons (Fsp3) is 0.381. The average molecular weight is 401 g/mol. The molecule has 0 aromatic heterocycles. The van der Waals surface area contributed by atoms with Crippen molar-refractivity contribution in [2.45, 2.75) is 24.7 Å². The molecule has 0 N–H and O–H groups in total. The van der Waals surface area contributed by atoms with E-state index in [1.54, 1.807) is 24.3 Å². The third-order valence-corrected chi connectivity index (χ3v) is 7.65. The zero-order valence-electron chi connectivity index (χ0n) is 16.1. The summed E-state index contributed by atoms with van der Waals surface area (Å²) in [6, 6.07) is 14.3. The van der Waals surface area contributed by atoms with Crippen molar-refractivity contribution in [2.24, 2.45) is 5.41 Å². The molecule has 2 heterocycles. The molecular weight excluding hydrogens is 376 g/mol. The molecule has 148 valence electrons. The highest BCUT2D eigenvalue weighted by Gasteiger charge is 2.50. The van der Waals surface area contributed by atoms with Gasteiger partial charge in [-0.25, -0.2) is 8.42 Å². The molecule has 2 aliphatic rings. The molecule has 28 heavy (non-hydrogen) atoms. The number of nitrogens with zero attached hydrogens (tertiary/aromatic N) is 2. The summed E-state index contributed by atoms with van der Waals surface area (Å²) in [7, 11) is -2.10. The van der Waals surface area contributed by atoms with Gasteiger partial charge in [-0.15, -0.1) is 0 Å². The van der Waals surface area contributed by atoms with E-state index in [0.29, 0.717) is 38.2 Å². The molecule has 0 aliphatic carbocycles. The molecule has 4 rings (SSSR count). The Morgan fingerprint density at radius 2 is 1.86 bits per heavy atom. The third kappa shape index (κ3) is 3.18. The SMILES string of the molecule is COc1cccc(S(=O)(=O)N2CCC3(CC(=O)N(c4ccccc4C)C3)C2)c1. The molecule has 0 saturated carbocycles. The predicted molar refractivity (Wildman–Crippen MR) is 107 cm³/mol. The van der Waals surface area contributed by atoms with Gasteiger partial charge in [0.25, 0.3) is 0 Å². The maximum atomic E-state index is 13.1. The molecule has 1 amide bonds. The van der Waals surface area contributed by atoms with Crippen LogP contribution in [-0.4, -0.2) is 45.4 Å². The highest BCUT2D eigenvalue weighted by atomic mass is 32.2. The number of aryl methyl sites for hydroxylation is 1. The van der Waals surface area contributed by atoms with Gasteiger partial charge in [0, 0.05) is 43.2 Å². The highest BCUT2D eigenvalue weighted by Crippen LogP contribution is 2.43. The molecule has 7 heteroatoms. The maximum absolute atomic E-state index is 13.1. The largest absolute Gasteiger partial charge is 0.497 e. The van der Waals surface area contributed by atoms with Crippen LogP contribution in [0.25, 0.3) is 0 Å². The topological polar surface area (TPSA) is 66.9 Å². The quantitative estimate of drug-likeness (QED) is 0.792. The van der Waals surface area contributed by atoms with Gasteiger partial charge in [-0.05, 0) is 37.1 Å². The van der Waals surface area contributed by atoms with Crippen LogP contribution >= 0.6 is 0 Å². The van der Waals surface area contributed by atoms with E-state index in [-0.39, 0.29) is 16.2 Å². The van der Waals surface area contributed by atoms with Crippen molar-refractivity contribution < 1.29 is 17.9 Å². The fourth-order valence-electron chi connectivity index (χ4n) is 4.26. The molecule has 0 radical (unpaired) electrons. The molecular formula is C21H24N2O4S.